The number of likely N-dealkylation sites (tertiary alicyclic amines) is 1. The molecule has 2 N–H and O–H groups in total. The molecule has 2 rings (SSSR count). The Kier molecular flexibility index (Phi) is 2.44. The van der Waals surface area contributed by atoms with Crippen LogP contribution in [0.2, 0.25) is 0 Å². The first-order valence-electron chi connectivity index (χ1n) is 5.26. The fourth-order valence-electron chi connectivity index (χ4n) is 1.97. The Labute approximate surface area is 83.4 Å². The molecule has 0 unspecified atom stereocenters. The molecule has 4 nitrogen and oxygen atoms in total. The van der Waals surface area contributed by atoms with Crippen LogP contribution in [0.4, 0.5) is 0 Å². The molecule has 0 bridgehead atoms. The number of piperidine rings is 1. The van der Waals surface area contributed by atoms with Gasteiger partial charge in [-0.2, -0.15) is 0 Å². The summed E-state index contributed by atoms with van der Waals surface area (Å²) in [6.07, 6.45) is 3.59. The van der Waals surface area contributed by atoms with Crippen LogP contribution in [0.5, 0.6) is 0 Å². The van der Waals surface area contributed by atoms with Crippen LogP contribution in [0.3, 0.4) is 0 Å². The normalized spacial score (nSPS) is 23.6. The highest BCUT2D eigenvalue weighted by Crippen LogP contribution is 2.32. The van der Waals surface area contributed by atoms with E-state index in [9.17, 15) is 9.59 Å². The first-order valence-corrected chi connectivity index (χ1v) is 5.26. The summed E-state index contributed by atoms with van der Waals surface area (Å²) in [6, 6.07) is 0. The molecule has 2 aliphatic rings. The third-order valence-electron chi connectivity index (χ3n) is 3.14. The highest BCUT2D eigenvalue weighted by atomic mass is 16.2. The number of hydrogen-bond acceptors (Lipinski definition) is 2. The van der Waals surface area contributed by atoms with Gasteiger partial charge in [0, 0.05) is 24.9 Å². The predicted molar refractivity (Wildman–Crippen MR) is 51.2 cm³/mol. The van der Waals surface area contributed by atoms with Crippen LogP contribution in [-0.4, -0.2) is 29.8 Å². The second-order valence-corrected chi connectivity index (χ2v) is 4.28. The second kappa shape index (κ2) is 3.59. The molecular weight excluding hydrogens is 180 g/mol. The van der Waals surface area contributed by atoms with Gasteiger partial charge in [-0.15, -0.1) is 0 Å². The smallest absolute Gasteiger partial charge is 0.225 e. The van der Waals surface area contributed by atoms with E-state index in [-0.39, 0.29) is 17.7 Å². The van der Waals surface area contributed by atoms with E-state index >= 15 is 0 Å². The Morgan fingerprint density at radius 3 is 2.00 bits per heavy atom. The van der Waals surface area contributed by atoms with Crippen molar-refractivity contribution in [2.75, 3.05) is 13.1 Å². The number of amides is 2. The topological polar surface area (TPSA) is 63.4 Å². The Morgan fingerprint density at radius 2 is 1.57 bits per heavy atom. The summed E-state index contributed by atoms with van der Waals surface area (Å²) in [4.78, 5) is 24.4. The number of primary amides is 1. The van der Waals surface area contributed by atoms with Gasteiger partial charge in [0.05, 0.1) is 0 Å². The van der Waals surface area contributed by atoms with E-state index < -0.39 is 0 Å². The van der Waals surface area contributed by atoms with Crippen LogP contribution in [0.15, 0.2) is 0 Å². The zero-order chi connectivity index (χ0) is 10.1. The average Bonchev–Trinajstić information content (AvgIpc) is 3.00. The van der Waals surface area contributed by atoms with Crippen molar-refractivity contribution in [1.82, 2.24) is 4.90 Å². The minimum absolute atomic E-state index is 0.0155. The summed E-state index contributed by atoms with van der Waals surface area (Å²) in [5, 5.41) is 0. The third-order valence-corrected chi connectivity index (χ3v) is 3.14. The van der Waals surface area contributed by atoms with Crippen molar-refractivity contribution in [3.05, 3.63) is 0 Å². The van der Waals surface area contributed by atoms with Gasteiger partial charge >= 0.3 is 0 Å². The third kappa shape index (κ3) is 1.89. The van der Waals surface area contributed by atoms with Gasteiger partial charge < -0.3 is 10.6 Å². The molecule has 1 saturated heterocycles. The molecule has 0 spiro atoms. The van der Waals surface area contributed by atoms with E-state index in [0.717, 1.165) is 25.7 Å². The number of nitrogens with zero attached hydrogens (tertiary/aromatic N) is 1. The summed E-state index contributed by atoms with van der Waals surface area (Å²) in [5.74, 6) is 0.342. The van der Waals surface area contributed by atoms with Crippen LogP contribution in [-0.2, 0) is 9.59 Å². The van der Waals surface area contributed by atoms with E-state index in [1.54, 1.807) is 0 Å². The van der Waals surface area contributed by atoms with Gasteiger partial charge in [-0.05, 0) is 25.7 Å². The number of hydrogen-bond donors (Lipinski definition) is 1. The minimum atomic E-state index is -0.219. The maximum absolute atomic E-state index is 11.6. The molecule has 0 radical (unpaired) electrons. The monoisotopic (exact) mass is 196 g/mol. The molecule has 4 heteroatoms. The molecule has 2 fully saturated rings. The van der Waals surface area contributed by atoms with E-state index in [1.807, 2.05) is 4.90 Å². The van der Waals surface area contributed by atoms with Crippen molar-refractivity contribution in [2.24, 2.45) is 17.6 Å². The fourth-order valence-corrected chi connectivity index (χ4v) is 1.97. The van der Waals surface area contributed by atoms with Crippen LogP contribution >= 0.6 is 0 Å². The summed E-state index contributed by atoms with van der Waals surface area (Å²) in [5.41, 5.74) is 5.22. The average molecular weight is 196 g/mol. The van der Waals surface area contributed by atoms with Gasteiger partial charge in [0.15, 0.2) is 0 Å². The zero-order valence-electron chi connectivity index (χ0n) is 8.24. The van der Waals surface area contributed by atoms with Crippen molar-refractivity contribution in [2.45, 2.75) is 25.7 Å². The lowest BCUT2D eigenvalue weighted by molar-refractivity contribution is -0.136. The summed E-state index contributed by atoms with van der Waals surface area (Å²) < 4.78 is 0. The van der Waals surface area contributed by atoms with E-state index in [2.05, 4.69) is 0 Å². The van der Waals surface area contributed by atoms with Crippen LogP contribution in [0.1, 0.15) is 25.7 Å². The largest absolute Gasteiger partial charge is 0.369 e. The molecule has 0 atom stereocenters. The standard InChI is InChI=1S/C10H16N2O2/c11-9(13)7-3-5-12(6-4-7)10(14)8-1-2-8/h7-8H,1-6H2,(H2,11,13). The first kappa shape index (κ1) is 9.49. The molecule has 1 aliphatic carbocycles. The molecule has 1 aliphatic heterocycles. The Bertz CT molecular complexity index is 253. The quantitative estimate of drug-likeness (QED) is 0.681. The Morgan fingerprint density at radius 1 is 1.00 bits per heavy atom. The van der Waals surface area contributed by atoms with Crippen molar-refractivity contribution in [3.63, 3.8) is 0 Å². The fraction of sp³-hybridized carbons (Fsp3) is 0.800. The molecule has 2 amide bonds. The summed E-state index contributed by atoms with van der Waals surface area (Å²) in [6.45, 7) is 1.42. The van der Waals surface area contributed by atoms with Crippen LogP contribution in [0.25, 0.3) is 0 Å². The lowest BCUT2D eigenvalue weighted by Crippen LogP contribution is -2.42. The maximum atomic E-state index is 11.6. The SMILES string of the molecule is NC(=O)C1CCN(C(=O)C2CC2)CC1. The maximum Gasteiger partial charge on any atom is 0.225 e. The molecule has 78 valence electrons. The van der Waals surface area contributed by atoms with Gasteiger partial charge in [-0.1, -0.05) is 0 Å². The number of carbonyl (C=O) groups excluding carboxylic acids is 2. The van der Waals surface area contributed by atoms with Crippen molar-refractivity contribution in [3.8, 4) is 0 Å². The molecule has 1 heterocycles. The molecular formula is C10H16N2O2. The van der Waals surface area contributed by atoms with Crippen molar-refractivity contribution in [1.29, 1.82) is 0 Å². The zero-order valence-corrected chi connectivity index (χ0v) is 8.24. The number of rotatable bonds is 2. The number of nitrogens with two attached hydrogens (primary N) is 1. The minimum Gasteiger partial charge on any atom is -0.369 e. The Hall–Kier alpha value is -1.06. The van der Waals surface area contributed by atoms with Crippen molar-refractivity contribution >= 4 is 11.8 Å². The van der Waals surface area contributed by atoms with E-state index in [0.29, 0.717) is 19.0 Å². The van der Waals surface area contributed by atoms with Crippen molar-refractivity contribution < 1.29 is 9.59 Å². The number of carbonyl (C=O) groups is 2. The van der Waals surface area contributed by atoms with Gasteiger partial charge in [0.1, 0.15) is 0 Å². The van der Waals surface area contributed by atoms with E-state index in [4.69, 9.17) is 5.73 Å². The highest BCUT2D eigenvalue weighted by molar-refractivity contribution is 5.82. The lowest BCUT2D eigenvalue weighted by Gasteiger charge is -2.30. The lowest BCUT2D eigenvalue weighted by atomic mass is 9.96. The first-order chi connectivity index (χ1) is 6.68. The second-order valence-electron chi connectivity index (χ2n) is 4.28. The molecule has 14 heavy (non-hydrogen) atoms. The molecule has 1 saturated carbocycles. The van der Waals surface area contributed by atoms with Gasteiger partial charge in [0.25, 0.3) is 0 Å². The summed E-state index contributed by atoms with van der Waals surface area (Å²) >= 11 is 0. The van der Waals surface area contributed by atoms with Crippen LogP contribution < -0.4 is 5.73 Å². The molecule has 0 aromatic carbocycles. The molecule has 0 aromatic rings. The summed E-state index contributed by atoms with van der Waals surface area (Å²) in [7, 11) is 0. The van der Waals surface area contributed by atoms with Gasteiger partial charge in [-0.25, -0.2) is 0 Å². The van der Waals surface area contributed by atoms with E-state index in [1.165, 1.54) is 0 Å². The van der Waals surface area contributed by atoms with Crippen LogP contribution in [0, 0.1) is 11.8 Å². The highest BCUT2D eigenvalue weighted by Gasteiger charge is 2.35. The molecule has 0 aromatic heterocycles. The van der Waals surface area contributed by atoms with Gasteiger partial charge in [-0.3, -0.25) is 9.59 Å². The Balaban J connectivity index is 1.83. The predicted octanol–water partition coefficient (Wildman–Crippen LogP) is 0.120. The van der Waals surface area contributed by atoms with Gasteiger partial charge in [0.2, 0.25) is 11.8 Å².